The van der Waals surface area contributed by atoms with Crippen molar-refractivity contribution in [2.45, 2.75) is 13.3 Å². The summed E-state index contributed by atoms with van der Waals surface area (Å²) in [5.74, 6) is -1.10. The summed E-state index contributed by atoms with van der Waals surface area (Å²) in [5, 5.41) is 2.17. The van der Waals surface area contributed by atoms with Crippen LogP contribution in [0.15, 0.2) is 24.3 Å². The van der Waals surface area contributed by atoms with E-state index in [1.165, 1.54) is 6.92 Å². The molecule has 1 atom stereocenters. The minimum absolute atomic E-state index is 0.232. The molecule has 0 spiro atoms. The Hall–Kier alpha value is -2.37. The van der Waals surface area contributed by atoms with Crippen molar-refractivity contribution in [1.29, 1.82) is 0 Å². The quantitative estimate of drug-likeness (QED) is 0.831. The van der Waals surface area contributed by atoms with E-state index in [9.17, 15) is 14.4 Å². The van der Waals surface area contributed by atoms with Crippen LogP contribution < -0.4 is 10.1 Å². The van der Waals surface area contributed by atoms with Crippen molar-refractivity contribution in [3.63, 3.8) is 0 Å². The molecule has 1 aromatic rings. The molecule has 1 aliphatic heterocycles. The van der Waals surface area contributed by atoms with Crippen LogP contribution in [0.3, 0.4) is 0 Å². The molecule has 0 aromatic heterocycles. The highest BCUT2D eigenvalue weighted by Gasteiger charge is 2.36. The highest BCUT2D eigenvalue weighted by atomic mass is 16.5. The van der Waals surface area contributed by atoms with E-state index < -0.39 is 23.8 Å². The Morgan fingerprint density at radius 1 is 1.30 bits per heavy atom. The third kappa shape index (κ3) is 2.79. The van der Waals surface area contributed by atoms with Gasteiger partial charge >= 0.3 is 6.03 Å². The van der Waals surface area contributed by atoms with E-state index >= 15 is 0 Å². The summed E-state index contributed by atoms with van der Waals surface area (Å²) in [6.07, 6.45) is 0.511. The topological polar surface area (TPSA) is 75.7 Å². The van der Waals surface area contributed by atoms with Crippen LogP contribution in [-0.4, -0.2) is 36.4 Å². The number of urea groups is 1. The normalized spacial score (nSPS) is 19.0. The summed E-state index contributed by atoms with van der Waals surface area (Å²) in [4.78, 5) is 36.0. The average molecular weight is 276 g/mol. The summed E-state index contributed by atoms with van der Waals surface area (Å²) in [6.45, 7) is 1.72. The lowest BCUT2D eigenvalue weighted by Crippen LogP contribution is -2.57. The molecule has 1 aliphatic rings. The van der Waals surface area contributed by atoms with Crippen molar-refractivity contribution in [1.82, 2.24) is 10.2 Å². The zero-order chi connectivity index (χ0) is 14.7. The molecule has 1 saturated heterocycles. The summed E-state index contributed by atoms with van der Waals surface area (Å²) < 4.78 is 5.12. The van der Waals surface area contributed by atoms with E-state index in [0.717, 1.165) is 16.2 Å². The van der Waals surface area contributed by atoms with Gasteiger partial charge in [-0.3, -0.25) is 19.8 Å². The number of carbonyl (C=O) groups excluding carboxylic acids is 3. The lowest BCUT2D eigenvalue weighted by atomic mass is 10.1. The van der Waals surface area contributed by atoms with Crippen LogP contribution in [0.5, 0.6) is 5.75 Å². The molecule has 0 radical (unpaired) electrons. The number of nitrogens with one attached hydrogen (secondary N) is 1. The molecule has 6 heteroatoms. The van der Waals surface area contributed by atoms with E-state index in [2.05, 4.69) is 5.32 Å². The van der Waals surface area contributed by atoms with Crippen LogP contribution >= 0.6 is 0 Å². The van der Waals surface area contributed by atoms with E-state index in [4.69, 9.17) is 4.74 Å². The van der Waals surface area contributed by atoms with E-state index in [-0.39, 0.29) is 6.54 Å². The van der Waals surface area contributed by atoms with Gasteiger partial charge in [-0.25, -0.2) is 4.79 Å². The fraction of sp³-hybridized carbons (Fsp3) is 0.357. The van der Waals surface area contributed by atoms with Crippen LogP contribution in [0.4, 0.5) is 4.79 Å². The van der Waals surface area contributed by atoms with Gasteiger partial charge in [0.2, 0.25) is 11.8 Å². The van der Waals surface area contributed by atoms with Crippen LogP contribution in [0.25, 0.3) is 0 Å². The van der Waals surface area contributed by atoms with E-state index in [1.807, 2.05) is 24.3 Å². The molecular weight excluding hydrogens is 260 g/mol. The monoisotopic (exact) mass is 276 g/mol. The molecular formula is C14H16N2O4. The number of rotatable bonds is 4. The Bertz CT molecular complexity index is 556. The predicted molar refractivity (Wildman–Crippen MR) is 71.1 cm³/mol. The van der Waals surface area contributed by atoms with Gasteiger partial charge in [0.25, 0.3) is 0 Å². The Morgan fingerprint density at radius 3 is 2.75 bits per heavy atom. The number of hydrogen-bond donors (Lipinski definition) is 1. The molecule has 1 heterocycles. The number of barbiturate groups is 1. The molecule has 1 unspecified atom stereocenters. The third-order valence-corrected chi connectivity index (χ3v) is 3.26. The maximum Gasteiger partial charge on any atom is 0.330 e. The van der Waals surface area contributed by atoms with Crippen molar-refractivity contribution in [2.75, 3.05) is 13.7 Å². The third-order valence-electron chi connectivity index (χ3n) is 3.26. The van der Waals surface area contributed by atoms with Gasteiger partial charge in [0.05, 0.1) is 7.11 Å². The van der Waals surface area contributed by atoms with Crippen molar-refractivity contribution < 1.29 is 19.1 Å². The van der Waals surface area contributed by atoms with Crippen molar-refractivity contribution in [3.05, 3.63) is 29.8 Å². The molecule has 0 aliphatic carbocycles. The van der Waals surface area contributed by atoms with Gasteiger partial charge in [-0.1, -0.05) is 12.1 Å². The van der Waals surface area contributed by atoms with Gasteiger partial charge in [-0.05, 0) is 31.0 Å². The maximum absolute atomic E-state index is 11.9. The van der Waals surface area contributed by atoms with E-state index in [0.29, 0.717) is 6.42 Å². The first-order chi connectivity index (χ1) is 9.52. The molecule has 106 valence electrons. The lowest BCUT2D eigenvalue weighted by molar-refractivity contribution is -0.141. The van der Waals surface area contributed by atoms with Crippen molar-refractivity contribution >= 4 is 17.8 Å². The number of carbonyl (C=O) groups is 3. The van der Waals surface area contributed by atoms with Gasteiger partial charge in [-0.2, -0.15) is 0 Å². The van der Waals surface area contributed by atoms with Crippen LogP contribution in [-0.2, 0) is 16.0 Å². The van der Waals surface area contributed by atoms with Gasteiger partial charge < -0.3 is 4.74 Å². The molecule has 1 N–H and O–H groups in total. The van der Waals surface area contributed by atoms with Crippen LogP contribution in [0.2, 0.25) is 0 Å². The number of nitrogens with zero attached hydrogens (tertiary/aromatic N) is 1. The number of benzene rings is 1. The van der Waals surface area contributed by atoms with Crippen molar-refractivity contribution in [3.8, 4) is 5.75 Å². The van der Waals surface area contributed by atoms with Gasteiger partial charge in [0.1, 0.15) is 11.7 Å². The summed E-state index contributed by atoms with van der Waals surface area (Å²) in [6, 6.07) is 6.76. The molecule has 0 saturated carbocycles. The number of methoxy groups -OCH3 is 1. The first kappa shape index (κ1) is 14.0. The highest BCUT2D eigenvalue weighted by molar-refractivity contribution is 6.15. The van der Waals surface area contributed by atoms with Gasteiger partial charge in [0.15, 0.2) is 0 Å². The first-order valence-corrected chi connectivity index (χ1v) is 6.32. The van der Waals surface area contributed by atoms with Gasteiger partial charge in [0, 0.05) is 6.54 Å². The largest absolute Gasteiger partial charge is 0.497 e. The minimum Gasteiger partial charge on any atom is -0.497 e. The standard InChI is InChI=1S/C14H16N2O4/c1-9-12(17)15-14(19)16(13(9)18)7-6-10-4-3-5-11(8-10)20-2/h3-5,8-9H,6-7H2,1-2H3,(H,15,17,19). The number of hydrogen-bond acceptors (Lipinski definition) is 4. The lowest BCUT2D eigenvalue weighted by Gasteiger charge is -2.28. The van der Waals surface area contributed by atoms with E-state index in [1.54, 1.807) is 7.11 Å². The Morgan fingerprint density at radius 2 is 2.05 bits per heavy atom. The SMILES string of the molecule is COc1cccc(CCN2C(=O)NC(=O)C(C)C2=O)c1. The van der Waals surface area contributed by atoms with Crippen molar-refractivity contribution in [2.24, 2.45) is 5.92 Å². The Labute approximate surface area is 116 Å². The molecule has 1 fully saturated rings. The molecule has 2 rings (SSSR count). The molecule has 20 heavy (non-hydrogen) atoms. The maximum atomic E-state index is 11.9. The molecule has 1 aromatic carbocycles. The number of imide groups is 2. The Balaban J connectivity index is 2.04. The highest BCUT2D eigenvalue weighted by Crippen LogP contribution is 2.15. The van der Waals surface area contributed by atoms with Gasteiger partial charge in [-0.15, -0.1) is 0 Å². The average Bonchev–Trinajstić information content (AvgIpc) is 2.45. The smallest absolute Gasteiger partial charge is 0.330 e. The second kappa shape index (κ2) is 5.73. The minimum atomic E-state index is -0.821. The molecule has 0 bridgehead atoms. The van der Waals surface area contributed by atoms with Crippen LogP contribution in [0.1, 0.15) is 12.5 Å². The molecule has 4 amide bonds. The second-order valence-electron chi connectivity index (χ2n) is 4.61. The fourth-order valence-electron chi connectivity index (χ4n) is 2.01. The first-order valence-electron chi connectivity index (χ1n) is 6.32. The predicted octanol–water partition coefficient (Wildman–Crippen LogP) is 0.952. The summed E-state index contributed by atoms with van der Waals surface area (Å²) >= 11 is 0. The number of amides is 4. The Kier molecular flexibility index (Phi) is 4.02. The number of ether oxygens (including phenoxy) is 1. The summed E-state index contributed by atoms with van der Waals surface area (Å²) in [7, 11) is 1.58. The summed E-state index contributed by atoms with van der Waals surface area (Å²) in [5.41, 5.74) is 0.953. The second-order valence-corrected chi connectivity index (χ2v) is 4.61. The van der Waals surface area contributed by atoms with Crippen LogP contribution in [0, 0.1) is 5.92 Å². The molecule has 6 nitrogen and oxygen atoms in total. The fourth-order valence-corrected chi connectivity index (χ4v) is 2.01. The zero-order valence-corrected chi connectivity index (χ0v) is 11.4. The zero-order valence-electron chi connectivity index (χ0n) is 11.4.